The molecule has 8 heteroatoms. The summed E-state index contributed by atoms with van der Waals surface area (Å²) in [6.45, 7) is 2.98. The van der Waals surface area contributed by atoms with Crippen LogP contribution in [0.25, 0.3) is 0 Å². The average molecular weight is 289 g/mol. The average Bonchev–Trinajstić information content (AvgIpc) is 2.55. The molecular formula is C10H15N3O3S2. The van der Waals surface area contributed by atoms with Crippen molar-refractivity contribution in [2.75, 3.05) is 31.3 Å². The summed E-state index contributed by atoms with van der Waals surface area (Å²) in [5.41, 5.74) is 0.448. The van der Waals surface area contributed by atoms with Crippen LogP contribution in [0.5, 0.6) is 0 Å². The van der Waals surface area contributed by atoms with Crippen molar-refractivity contribution < 1.29 is 13.2 Å². The Bertz CT molecular complexity index is 575. The van der Waals surface area contributed by atoms with Gasteiger partial charge in [-0.15, -0.1) is 0 Å². The van der Waals surface area contributed by atoms with Gasteiger partial charge in [0.05, 0.1) is 11.6 Å². The lowest BCUT2D eigenvalue weighted by Crippen LogP contribution is -2.51. The van der Waals surface area contributed by atoms with Crippen molar-refractivity contribution in [3.8, 4) is 0 Å². The highest BCUT2D eigenvalue weighted by Gasteiger charge is 2.30. The summed E-state index contributed by atoms with van der Waals surface area (Å²) in [5, 5.41) is 3.46. The second-order valence-corrected chi connectivity index (χ2v) is 7.58. The number of thiazole rings is 1. The van der Waals surface area contributed by atoms with Crippen molar-refractivity contribution in [1.29, 1.82) is 0 Å². The van der Waals surface area contributed by atoms with Gasteiger partial charge in [-0.25, -0.2) is 13.4 Å². The molecular weight excluding hydrogens is 274 g/mol. The number of nitrogens with zero attached hydrogens (tertiary/aromatic N) is 2. The Morgan fingerprint density at radius 1 is 1.50 bits per heavy atom. The maximum Gasteiger partial charge on any atom is 0.234 e. The van der Waals surface area contributed by atoms with Crippen LogP contribution in [0.15, 0.2) is 4.21 Å². The smallest absolute Gasteiger partial charge is 0.234 e. The Morgan fingerprint density at radius 2 is 2.11 bits per heavy atom. The van der Waals surface area contributed by atoms with Gasteiger partial charge >= 0.3 is 0 Å². The predicted molar refractivity (Wildman–Crippen MR) is 69.7 cm³/mol. The molecule has 1 aromatic heterocycles. The maximum absolute atomic E-state index is 12.0. The Balaban J connectivity index is 2.26. The molecule has 2 rings (SSSR count). The first-order chi connectivity index (χ1) is 8.30. The fraction of sp³-hybridized carbons (Fsp3) is 0.600. The zero-order valence-electron chi connectivity index (χ0n) is 10.4. The van der Waals surface area contributed by atoms with Gasteiger partial charge in [0.2, 0.25) is 5.91 Å². The lowest BCUT2D eigenvalue weighted by Gasteiger charge is -2.29. The molecule has 0 bridgehead atoms. The van der Waals surface area contributed by atoms with Crippen LogP contribution in [-0.2, 0) is 14.6 Å². The first-order valence-corrected chi connectivity index (χ1v) is 8.17. The summed E-state index contributed by atoms with van der Waals surface area (Å²) >= 11 is 1.04. The van der Waals surface area contributed by atoms with Crippen molar-refractivity contribution in [2.45, 2.75) is 11.1 Å². The minimum Gasteiger partial charge on any atom is -0.315 e. The Hall–Kier alpha value is -0.990. The Morgan fingerprint density at radius 3 is 2.50 bits per heavy atom. The molecule has 0 radical (unpaired) electrons. The summed E-state index contributed by atoms with van der Waals surface area (Å²) in [5.74, 6) is -0.0524. The van der Waals surface area contributed by atoms with Crippen LogP contribution in [0.3, 0.4) is 0 Å². The van der Waals surface area contributed by atoms with Crippen molar-refractivity contribution in [2.24, 2.45) is 5.92 Å². The van der Waals surface area contributed by atoms with Crippen LogP contribution in [0.1, 0.15) is 5.69 Å². The number of amides is 1. The van der Waals surface area contributed by atoms with E-state index in [1.54, 1.807) is 14.0 Å². The molecule has 0 aliphatic carbocycles. The van der Waals surface area contributed by atoms with Crippen LogP contribution in [-0.4, -0.2) is 45.7 Å². The molecule has 1 saturated heterocycles. The molecule has 100 valence electrons. The number of sulfone groups is 1. The lowest BCUT2D eigenvalue weighted by atomic mass is 10.0. The number of nitrogens with one attached hydrogen (secondary N) is 1. The van der Waals surface area contributed by atoms with E-state index in [2.05, 4.69) is 10.3 Å². The highest BCUT2D eigenvalue weighted by Crippen LogP contribution is 2.30. The van der Waals surface area contributed by atoms with E-state index in [1.165, 1.54) is 4.90 Å². The SMILES string of the molecule is Cc1nc(N(C)C(=O)C2CNC2)sc1S(C)(=O)=O. The third-order valence-electron chi connectivity index (χ3n) is 2.83. The van der Waals surface area contributed by atoms with Gasteiger partial charge in [0, 0.05) is 26.4 Å². The maximum atomic E-state index is 12.0. The van der Waals surface area contributed by atoms with E-state index in [0.29, 0.717) is 23.9 Å². The summed E-state index contributed by atoms with van der Waals surface area (Å²) in [6, 6.07) is 0. The zero-order valence-corrected chi connectivity index (χ0v) is 12.1. The molecule has 0 aromatic carbocycles. The molecule has 1 aromatic rings. The van der Waals surface area contributed by atoms with Gasteiger partial charge in [-0.3, -0.25) is 9.69 Å². The standard InChI is InChI=1S/C10H15N3O3S2/c1-6-9(18(3,15)16)17-10(12-6)13(2)8(14)7-4-11-5-7/h7,11H,4-5H2,1-3H3. The Kier molecular flexibility index (Phi) is 3.43. The van der Waals surface area contributed by atoms with Crippen LogP contribution < -0.4 is 10.2 Å². The monoisotopic (exact) mass is 289 g/mol. The molecule has 1 N–H and O–H groups in total. The Labute approximate surface area is 110 Å². The van der Waals surface area contributed by atoms with Crippen molar-refractivity contribution in [3.63, 3.8) is 0 Å². The van der Waals surface area contributed by atoms with Gasteiger partial charge in [0.15, 0.2) is 15.0 Å². The predicted octanol–water partition coefficient (Wildman–Crippen LogP) is 0.0372. The van der Waals surface area contributed by atoms with Crippen LogP contribution >= 0.6 is 11.3 Å². The molecule has 2 heterocycles. The third-order valence-corrected chi connectivity index (χ3v) is 5.98. The fourth-order valence-electron chi connectivity index (χ4n) is 1.69. The number of carbonyl (C=O) groups excluding carboxylic acids is 1. The van der Waals surface area contributed by atoms with Crippen molar-refractivity contribution in [1.82, 2.24) is 10.3 Å². The number of carbonyl (C=O) groups is 1. The molecule has 1 fully saturated rings. The molecule has 6 nitrogen and oxygen atoms in total. The second-order valence-electron chi connectivity index (χ2n) is 4.39. The van der Waals surface area contributed by atoms with E-state index in [4.69, 9.17) is 0 Å². The first-order valence-electron chi connectivity index (χ1n) is 5.46. The van der Waals surface area contributed by atoms with Gasteiger partial charge in [0.25, 0.3) is 0 Å². The van der Waals surface area contributed by atoms with Gasteiger partial charge in [-0.1, -0.05) is 11.3 Å². The van der Waals surface area contributed by atoms with Crippen LogP contribution in [0.4, 0.5) is 5.13 Å². The highest BCUT2D eigenvalue weighted by molar-refractivity contribution is 7.92. The van der Waals surface area contributed by atoms with Gasteiger partial charge in [0.1, 0.15) is 4.21 Å². The van der Waals surface area contributed by atoms with Crippen LogP contribution in [0.2, 0.25) is 0 Å². The number of hydrogen-bond donors (Lipinski definition) is 1. The molecule has 0 spiro atoms. The van der Waals surface area contributed by atoms with E-state index in [-0.39, 0.29) is 16.0 Å². The molecule has 1 aliphatic rings. The fourth-order valence-corrected chi connectivity index (χ4v) is 3.87. The van der Waals surface area contributed by atoms with Crippen LogP contribution in [0, 0.1) is 12.8 Å². The largest absolute Gasteiger partial charge is 0.315 e. The van der Waals surface area contributed by atoms with E-state index < -0.39 is 9.84 Å². The number of rotatable bonds is 3. The molecule has 1 amide bonds. The molecule has 0 saturated carbocycles. The lowest BCUT2D eigenvalue weighted by molar-refractivity contribution is -0.123. The van der Waals surface area contributed by atoms with E-state index in [1.807, 2.05) is 0 Å². The number of aryl methyl sites for hydroxylation is 1. The summed E-state index contributed by atoms with van der Waals surface area (Å²) in [7, 11) is -1.65. The van der Waals surface area contributed by atoms with E-state index >= 15 is 0 Å². The minimum atomic E-state index is -3.28. The number of aromatic nitrogens is 1. The second kappa shape index (κ2) is 4.60. The van der Waals surface area contributed by atoms with E-state index in [9.17, 15) is 13.2 Å². The number of anilines is 1. The molecule has 0 unspecified atom stereocenters. The minimum absolute atomic E-state index is 0.0254. The summed E-state index contributed by atoms with van der Waals surface area (Å²) in [4.78, 5) is 17.6. The normalized spacial score (nSPS) is 16.4. The summed E-state index contributed by atoms with van der Waals surface area (Å²) < 4.78 is 23.3. The van der Waals surface area contributed by atoms with Gasteiger partial charge in [-0.2, -0.15) is 0 Å². The van der Waals surface area contributed by atoms with Gasteiger partial charge in [-0.05, 0) is 6.92 Å². The molecule has 0 atom stereocenters. The van der Waals surface area contributed by atoms with Crippen molar-refractivity contribution >= 4 is 32.2 Å². The van der Waals surface area contributed by atoms with Gasteiger partial charge < -0.3 is 5.32 Å². The number of hydrogen-bond acceptors (Lipinski definition) is 6. The summed E-state index contributed by atoms with van der Waals surface area (Å²) in [6.07, 6.45) is 1.15. The highest BCUT2D eigenvalue weighted by atomic mass is 32.2. The van der Waals surface area contributed by atoms with Crippen molar-refractivity contribution in [3.05, 3.63) is 5.69 Å². The quantitative estimate of drug-likeness (QED) is 0.850. The molecule has 1 aliphatic heterocycles. The van der Waals surface area contributed by atoms with E-state index in [0.717, 1.165) is 17.6 Å². The topological polar surface area (TPSA) is 79.4 Å². The molecule has 18 heavy (non-hydrogen) atoms. The third kappa shape index (κ3) is 2.40. The zero-order chi connectivity index (χ0) is 13.5. The first kappa shape index (κ1) is 13.4.